The third-order valence-electron chi connectivity index (χ3n) is 7.24. The molecule has 0 unspecified atom stereocenters. The van der Waals surface area contributed by atoms with E-state index in [1.165, 1.54) is 11.9 Å². The number of benzene rings is 5. The number of rotatable bonds is 1. The van der Waals surface area contributed by atoms with Gasteiger partial charge in [-0.05, 0) is 63.5 Å². The zero-order valence-corrected chi connectivity index (χ0v) is 17.9. The Morgan fingerprint density at radius 2 is 0.848 bits per heavy atom. The summed E-state index contributed by atoms with van der Waals surface area (Å²) in [5, 5.41) is 6.64. The summed E-state index contributed by atoms with van der Waals surface area (Å²) < 4.78 is 0. The number of hydrogen-bond donors (Lipinski definition) is 0. The normalized spacial score (nSPS) is 15.8. The van der Waals surface area contributed by atoms with Crippen molar-refractivity contribution in [2.75, 3.05) is 13.6 Å². The van der Waals surface area contributed by atoms with Crippen LogP contribution in [0.5, 0.6) is 0 Å². The molecule has 0 fully saturated rings. The van der Waals surface area contributed by atoms with Crippen LogP contribution in [0.3, 0.4) is 0 Å². The molecule has 0 spiro atoms. The van der Waals surface area contributed by atoms with Crippen molar-refractivity contribution in [2.24, 2.45) is 0 Å². The van der Waals surface area contributed by atoms with Gasteiger partial charge in [0.05, 0.1) is 0 Å². The summed E-state index contributed by atoms with van der Waals surface area (Å²) in [4.78, 5) is 54.3. The second-order valence-corrected chi connectivity index (χ2v) is 8.67. The molecule has 0 radical (unpaired) electrons. The molecule has 6 nitrogen and oxygen atoms in total. The zero-order chi connectivity index (χ0) is 22.8. The summed E-state index contributed by atoms with van der Waals surface area (Å²) in [7, 11) is 1.50. The monoisotopic (exact) mass is 432 g/mol. The van der Waals surface area contributed by atoms with Gasteiger partial charge in [-0.25, -0.2) is 0 Å². The highest BCUT2D eigenvalue weighted by atomic mass is 16.2. The Morgan fingerprint density at radius 3 is 1.18 bits per heavy atom. The molecule has 5 aromatic carbocycles. The topological polar surface area (TPSA) is 74.8 Å². The van der Waals surface area contributed by atoms with Crippen LogP contribution in [0, 0.1) is 0 Å². The van der Waals surface area contributed by atoms with Crippen molar-refractivity contribution in [1.82, 2.24) is 9.80 Å². The summed E-state index contributed by atoms with van der Waals surface area (Å²) in [6, 6.07) is 14.8. The maximum absolute atomic E-state index is 13.1. The van der Waals surface area contributed by atoms with Crippen LogP contribution < -0.4 is 0 Å². The van der Waals surface area contributed by atoms with E-state index >= 15 is 0 Å². The lowest BCUT2D eigenvalue weighted by atomic mass is 9.82. The van der Waals surface area contributed by atoms with E-state index in [0.29, 0.717) is 39.6 Å². The number of carbonyl (C=O) groups excluding carboxylic acids is 4. The van der Waals surface area contributed by atoms with Crippen LogP contribution in [0.4, 0.5) is 0 Å². The molecule has 0 saturated carbocycles. The molecule has 0 aromatic heterocycles. The van der Waals surface area contributed by atoms with Gasteiger partial charge in [0.25, 0.3) is 23.6 Å². The van der Waals surface area contributed by atoms with E-state index in [4.69, 9.17) is 0 Å². The summed E-state index contributed by atoms with van der Waals surface area (Å²) in [6.45, 7) is 2.10. The van der Waals surface area contributed by atoms with Gasteiger partial charge in [0.15, 0.2) is 0 Å². The molecule has 0 aliphatic carbocycles. The minimum absolute atomic E-state index is 0.283. The number of hydrogen-bond acceptors (Lipinski definition) is 4. The maximum Gasteiger partial charge on any atom is 0.261 e. The van der Waals surface area contributed by atoms with Crippen molar-refractivity contribution in [2.45, 2.75) is 6.92 Å². The van der Waals surface area contributed by atoms with Gasteiger partial charge in [0, 0.05) is 46.6 Å². The van der Waals surface area contributed by atoms with Crippen molar-refractivity contribution in [3.05, 3.63) is 70.8 Å². The van der Waals surface area contributed by atoms with Gasteiger partial charge in [0.1, 0.15) is 0 Å². The first kappa shape index (κ1) is 18.3. The highest BCUT2D eigenvalue weighted by Crippen LogP contribution is 2.45. The van der Waals surface area contributed by atoms with Gasteiger partial charge < -0.3 is 0 Å². The largest absolute Gasteiger partial charge is 0.277 e. The molecule has 4 amide bonds. The fraction of sp³-hybridized carbons (Fsp3) is 0.111. The predicted octanol–water partition coefficient (Wildman–Crippen LogP) is 4.58. The summed E-state index contributed by atoms with van der Waals surface area (Å²) in [6.07, 6.45) is 0. The number of imide groups is 2. The summed E-state index contributed by atoms with van der Waals surface area (Å²) in [5.41, 5.74) is 2.05. The minimum atomic E-state index is -0.317. The Morgan fingerprint density at radius 1 is 0.515 bits per heavy atom. The molecule has 0 bridgehead atoms. The number of carbonyl (C=O) groups is 4. The van der Waals surface area contributed by atoms with Crippen LogP contribution in [-0.2, 0) is 0 Å². The standard InChI is InChI=1S/C27H16N2O4/c1-3-29-26(32)18-10-6-14-12-4-8-16-22-17(25(31)28(2)24(16)30)9-5-13(20(12)22)15-7-11-19(27(29)33)23(18)21(14)15/h4-11H,3H2,1-2H3. The first-order valence-electron chi connectivity index (χ1n) is 10.8. The third-order valence-corrected chi connectivity index (χ3v) is 7.24. The Bertz CT molecular complexity index is 1680. The minimum Gasteiger partial charge on any atom is -0.277 e. The molecule has 0 N–H and O–H groups in total. The Balaban J connectivity index is 1.74. The second kappa shape index (κ2) is 5.72. The first-order chi connectivity index (χ1) is 15.9. The van der Waals surface area contributed by atoms with Crippen LogP contribution >= 0.6 is 0 Å². The van der Waals surface area contributed by atoms with Gasteiger partial charge >= 0.3 is 0 Å². The Hall–Kier alpha value is -4.32. The zero-order valence-electron chi connectivity index (χ0n) is 17.9. The quantitative estimate of drug-likeness (QED) is 0.221. The van der Waals surface area contributed by atoms with E-state index in [1.807, 2.05) is 24.3 Å². The van der Waals surface area contributed by atoms with Crippen molar-refractivity contribution in [3.63, 3.8) is 0 Å². The van der Waals surface area contributed by atoms with Crippen molar-refractivity contribution in [3.8, 4) is 0 Å². The lowest BCUT2D eigenvalue weighted by molar-refractivity contribution is 0.0613. The molecule has 2 aliphatic rings. The molecule has 2 aliphatic heterocycles. The molecule has 5 aromatic rings. The van der Waals surface area contributed by atoms with Gasteiger partial charge in [-0.15, -0.1) is 0 Å². The van der Waals surface area contributed by atoms with E-state index < -0.39 is 0 Å². The molecule has 0 atom stereocenters. The third kappa shape index (κ3) is 1.91. The number of fused-ring (bicyclic) bond motifs is 2. The average Bonchev–Trinajstić information content (AvgIpc) is 2.83. The number of nitrogens with zero attached hydrogens (tertiary/aromatic N) is 2. The molecule has 7 rings (SSSR count). The summed E-state index contributed by atoms with van der Waals surface area (Å²) in [5.74, 6) is -1.20. The van der Waals surface area contributed by atoms with Crippen LogP contribution in [0.2, 0.25) is 0 Å². The van der Waals surface area contributed by atoms with Crippen LogP contribution in [0.25, 0.3) is 43.1 Å². The highest BCUT2D eigenvalue weighted by molar-refractivity contribution is 6.41. The van der Waals surface area contributed by atoms with E-state index in [1.54, 1.807) is 31.2 Å². The summed E-state index contributed by atoms with van der Waals surface area (Å²) >= 11 is 0. The lowest BCUT2D eigenvalue weighted by Crippen LogP contribution is -2.40. The van der Waals surface area contributed by atoms with Gasteiger partial charge in [0.2, 0.25) is 0 Å². The Labute approximate surface area is 187 Å². The Kier molecular flexibility index (Phi) is 3.17. The molecule has 2 heterocycles. The molecule has 33 heavy (non-hydrogen) atoms. The smallest absolute Gasteiger partial charge is 0.261 e. The van der Waals surface area contributed by atoms with E-state index in [0.717, 1.165) is 37.2 Å². The van der Waals surface area contributed by atoms with Gasteiger partial charge in [-0.3, -0.25) is 29.0 Å². The van der Waals surface area contributed by atoms with Crippen molar-refractivity contribution >= 4 is 66.7 Å². The van der Waals surface area contributed by atoms with E-state index in [2.05, 4.69) is 0 Å². The average molecular weight is 432 g/mol. The van der Waals surface area contributed by atoms with Crippen molar-refractivity contribution < 1.29 is 19.2 Å². The highest BCUT2D eigenvalue weighted by Gasteiger charge is 2.35. The van der Waals surface area contributed by atoms with Crippen molar-refractivity contribution in [1.29, 1.82) is 0 Å². The van der Waals surface area contributed by atoms with Gasteiger partial charge in [-0.2, -0.15) is 0 Å². The second-order valence-electron chi connectivity index (χ2n) is 8.67. The fourth-order valence-electron chi connectivity index (χ4n) is 5.73. The first-order valence-corrected chi connectivity index (χ1v) is 10.8. The molecule has 0 saturated heterocycles. The van der Waals surface area contributed by atoms with E-state index in [9.17, 15) is 19.2 Å². The SMILES string of the molecule is CCN1C(=O)c2ccc3c4ccc5c6c(ccc(c7ccc(c2c37)C1=O)c64)C(=O)N(C)C5=O. The molecular weight excluding hydrogens is 416 g/mol. The maximum atomic E-state index is 13.1. The van der Waals surface area contributed by atoms with Crippen LogP contribution in [0.1, 0.15) is 48.4 Å². The predicted molar refractivity (Wildman–Crippen MR) is 125 cm³/mol. The van der Waals surface area contributed by atoms with Gasteiger partial charge in [-0.1, -0.05) is 24.3 Å². The number of amides is 4. The van der Waals surface area contributed by atoms with Crippen LogP contribution in [-0.4, -0.2) is 47.0 Å². The molecule has 158 valence electrons. The van der Waals surface area contributed by atoms with E-state index in [-0.39, 0.29) is 23.6 Å². The fourth-order valence-corrected chi connectivity index (χ4v) is 5.73. The van der Waals surface area contributed by atoms with Crippen LogP contribution in [0.15, 0.2) is 48.5 Å². The lowest BCUT2D eigenvalue weighted by Gasteiger charge is -2.28. The molecular formula is C27H16N2O4. The molecule has 6 heteroatoms.